The molecule has 0 saturated heterocycles. The molecule has 1 aliphatic rings. The van der Waals surface area contributed by atoms with Gasteiger partial charge in [0, 0.05) is 0 Å². The van der Waals surface area contributed by atoms with Crippen molar-refractivity contribution < 1.29 is 13.9 Å². The number of ether oxygens (including phenoxy) is 2. The Balaban J connectivity index is 1.54. The number of halogens is 1. The molecule has 3 rings (SSSR count). The van der Waals surface area contributed by atoms with Crippen LogP contribution in [0.15, 0.2) is 30.3 Å². The molecule has 0 bridgehead atoms. The van der Waals surface area contributed by atoms with Crippen LogP contribution >= 0.6 is 0 Å². The van der Waals surface area contributed by atoms with E-state index in [4.69, 9.17) is 9.47 Å². The molecule has 0 aromatic heterocycles. The van der Waals surface area contributed by atoms with E-state index in [1.54, 1.807) is 6.07 Å². The molecule has 2 nitrogen and oxygen atoms in total. The van der Waals surface area contributed by atoms with Crippen LogP contribution < -0.4 is 9.47 Å². The smallest absolute Gasteiger partial charge is 0.168 e. The third kappa shape index (κ3) is 6.98. The van der Waals surface area contributed by atoms with Crippen LogP contribution in [0.25, 0.3) is 11.1 Å². The molecular weight excluding hydrogens is 399 g/mol. The van der Waals surface area contributed by atoms with Gasteiger partial charge in [0.15, 0.2) is 11.6 Å². The summed E-state index contributed by atoms with van der Waals surface area (Å²) in [7, 11) is 0. The van der Waals surface area contributed by atoms with Crippen LogP contribution in [0, 0.1) is 5.82 Å². The maximum atomic E-state index is 15.1. The monoisotopic (exact) mass is 440 g/mol. The number of benzene rings is 2. The molecule has 2 aromatic rings. The molecule has 0 atom stereocenters. The summed E-state index contributed by atoms with van der Waals surface area (Å²) in [5.41, 5.74) is 4.17. The predicted octanol–water partition coefficient (Wildman–Crippen LogP) is 8.68. The standard InChI is InChI=1S/C29H41FO2/c1-3-5-7-9-11-12-20-31-24-15-17-25-23(22-24)14-16-27-26(25)18-19-28(29(27)30)32-21-13-10-8-6-4-2/h15,17-19,22H,3-14,16,20-21H2,1-2H3. The molecule has 0 N–H and O–H groups in total. The summed E-state index contributed by atoms with van der Waals surface area (Å²) in [4.78, 5) is 0. The van der Waals surface area contributed by atoms with Crippen LogP contribution in [0.2, 0.25) is 0 Å². The Morgan fingerprint density at radius 1 is 0.688 bits per heavy atom. The lowest BCUT2D eigenvalue weighted by Gasteiger charge is -2.22. The molecule has 0 amide bonds. The van der Waals surface area contributed by atoms with Crippen LogP contribution in [0.4, 0.5) is 4.39 Å². The largest absolute Gasteiger partial charge is 0.494 e. The minimum atomic E-state index is -0.176. The van der Waals surface area contributed by atoms with Gasteiger partial charge in [-0.05, 0) is 66.1 Å². The average Bonchev–Trinajstić information content (AvgIpc) is 2.81. The van der Waals surface area contributed by atoms with Crippen molar-refractivity contribution in [3.63, 3.8) is 0 Å². The van der Waals surface area contributed by atoms with Crippen molar-refractivity contribution in [2.24, 2.45) is 0 Å². The van der Waals surface area contributed by atoms with Gasteiger partial charge >= 0.3 is 0 Å². The molecule has 0 unspecified atom stereocenters. The van der Waals surface area contributed by atoms with Crippen LogP contribution in [0.1, 0.15) is 95.6 Å². The number of hydrogen-bond acceptors (Lipinski definition) is 2. The molecule has 0 aliphatic heterocycles. The summed E-state index contributed by atoms with van der Waals surface area (Å²) in [5.74, 6) is 1.16. The van der Waals surface area contributed by atoms with Crippen LogP contribution in [-0.2, 0) is 12.8 Å². The minimum absolute atomic E-state index is 0.176. The molecule has 0 radical (unpaired) electrons. The summed E-state index contributed by atoms with van der Waals surface area (Å²) in [6, 6.07) is 10.1. The zero-order valence-corrected chi connectivity index (χ0v) is 20.2. The van der Waals surface area contributed by atoms with E-state index in [2.05, 4.69) is 26.0 Å². The van der Waals surface area contributed by atoms with Gasteiger partial charge in [-0.3, -0.25) is 0 Å². The zero-order chi connectivity index (χ0) is 22.6. The lowest BCUT2D eigenvalue weighted by molar-refractivity contribution is 0.289. The van der Waals surface area contributed by atoms with Gasteiger partial charge in [0.05, 0.1) is 13.2 Å². The Labute approximate surface area is 194 Å². The maximum absolute atomic E-state index is 15.1. The Hall–Kier alpha value is -2.03. The summed E-state index contributed by atoms with van der Waals surface area (Å²) < 4.78 is 26.9. The van der Waals surface area contributed by atoms with Crippen molar-refractivity contribution in [3.8, 4) is 22.6 Å². The Bertz CT molecular complexity index is 830. The van der Waals surface area contributed by atoms with Crippen LogP contribution in [-0.4, -0.2) is 13.2 Å². The molecule has 32 heavy (non-hydrogen) atoms. The molecule has 0 fully saturated rings. The fraction of sp³-hybridized carbons (Fsp3) is 0.586. The highest BCUT2D eigenvalue weighted by Crippen LogP contribution is 2.39. The molecule has 1 aliphatic carbocycles. The van der Waals surface area contributed by atoms with Crippen LogP contribution in [0.5, 0.6) is 11.5 Å². The summed E-state index contributed by atoms with van der Waals surface area (Å²) in [5, 5.41) is 0. The van der Waals surface area contributed by atoms with E-state index in [1.807, 2.05) is 12.1 Å². The van der Waals surface area contributed by atoms with Gasteiger partial charge in [0.25, 0.3) is 0 Å². The summed E-state index contributed by atoms with van der Waals surface area (Å²) in [6.45, 7) is 5.82. The van der Waals surface area contributed by atoms with E-state index in [0.717, 1.165) is 54.7 Å². The molecule has 0 saturated carbocycles. The van der Waals surface area contributed by atoms with Crippen molar-refractivity contribution in [2.75, 3.05) is 13.2 Å². The lowest BCUT2D eigenvalue weighted by Crippen LogP contribution is -2.09. The molecule has 3 heteroatoms. The van der Waals surface area contributed by atoms with Gasteiger partial charge in [-0.15, -0.1) is 0 Å². The topological polar surface area (TPSA) is 18.5 Å². The first-order chi connectivity index (χ1) is 15.7. The zero-order valence-electron chi connectivity index (χ0n) is 20.2. The second kappa shape index (κ2) is 13.5. The van der Waals surface area contributed by atoms with Crippen molar-refractivity contribution in [1.29, 1.82) is 0 Å². The van der Waals surface area contributed by atoms with Gasteiger partial charge in [0.2, 0.25) is 0 Å². The normalized spacial score (nSPS) is 12.3. The third-order valence-corrected chi connectivity index (χ3v) is 6.49. The lowest BCUT2D eigenvalue weighted by atomic mass is 9.85. The van der Waals surface area contributed by atoms with Gasteiger partial charge in [-0.25, -0.2) is 4.39 Å². The van der Waals surface area contributed by atoms with Crippen molar-refractivity contribution in [3.05, 3.63) is 47.3 Å². The summed E-state index contributed by atoms with van der Waals surface area (Å²) >= 11 is 0. The fourth-order valence-electron chi connectivity index (χ4n) is 4.56. The Morgan fingerprint density at radius 3 is 2.03 bits per heavy atom. The highest BCUT2D eigenvalue weighted by molar-refractivity contribution is 5.75. The molecule has 176 valence electrons. The van der Waals surface area contributed by atoms with Crippen molar-refractivity contribution >= 4 is 0 Å². The Morgan fingerprint density at radius 2 is 1.31 bits per heavy atom. The minimum Gasteiger partial charge on any atom is -0.494 e. The van der Waals surface area contributed by atoms with Gasteiger partial charge in [-0.1, -0.05) is 83.8 Å². The number of fused-ring (bicyclic) bond motifs is 3. The first-order valence-electron chi connectivity index (χ1n) is 12.9. The maximum Gasteiger partial charge on any atom is 0.168 e. The van der Waals surface area contributed by atoms with E-state index >= 15 is 4.39 Å². The van der Waals surface area contributed by atoms with Crippen molar-refractivity contribution in [1.82, 2.24) is 0 Å². The quantitative estimate of drug-likeness (QED) is 0.258. The number of aryl methyl sites for hydroxylation is 1. The van der Waals surface area contributed by atoms with Gasteiger partial charge in [0.1, 0.15) is 5.75 Å². The summed E-state index contributed by atoms with van der Waals surface area (Å²) in [6.07, 6.45) is 15.0. The van der Waals surface area contributed by atoms with Gasteiger partial charge in [-0.2, -0.15) is 0 Å². The Kier molecular flexibility index (Phi) is 10.4. The first kappa shape index (κ1) is 24.6. The van der Waals surface area contributed by atoms with E-state index < -0.39 is 0 Å². The van der Waals surface area contributed by atoms with Gasteiger partial charge < -0.3 is 9.47 Å². The number of unbranched alkanes of at least 4 members (excludes halogenated alkanes) is 9. The molecule has 0 heterocycles. The van der Waals surface area contributed by atoms with E-state index in [-0.39, 0.29) is 5.82 Å². The molecule has 2 aromatic carbocycles. The SMILES string of the molecule is CCCCCCCCOc1ccc2c(c1)CCc1c-2ccc(OCCCCCCC)c1F. The number of hydrogen-bond donors (Lipinski definition) is 0. The average molecular weight is 441 g/mol. The molecular formula is C29H41FO2. The highest BCUT2D eigenvalue weighted by Gasteiger charge is 2.22. The third-order valence-electron chi connectivity index (χ3n) is 6.49. The molecule has 0 spiro atoms. The predicted molar refractivity (Wildman–Crippen MR) is 132 cm³/mol. The second-order valence-electron chi connectivity index (χ2n) is 9.10. The van der Waals surface area contributed by atoms with E-state index in [0.29, 0.717) is 18.8 Å². The number of rotatable bonds is 15. The second-order valence-corrected chi connectivity index (χ2v) is 9.10. The van der Waals surface area contributed by atoms with Crippen LogP contribution in [0.3, 0.4) is 0 Å². The van der Waals surface area contributed by atoms with Crippen molar-refractivity contribution in [2.45, 2.75) is 97.3 Å². The van der Waals surface area contributed by atoms with E-state index in [9.17, 15) is 0 Å². The fourth-order valence-corrected chi connectivity index (χ4v) is 4.56. The highest BCUT2D eigenvalue weighted by atomic mass is 19.1. The van der Waals surface area contributed by atoms with E-state index in [1.165, 1.54) is 56.9 Å². The first-order valence-corrected chi connectivity index (χ1v) is 12.9.